The van der Waals surface area contributed by atoms with Crippen molar-refractivity contribution in [2.45, 2.75) is 18.4 Å². The first-order valence-corrected chi connectivity index (χ1v) is 5.71. The van der Waals surface area contributed by atoms with Crippen LogP contribution < -0.4 is 5.32 Å². The average Bonchev–Trinajstić information content (AvgIpc) is 2.18. The summed E-state index contributed by atoms with van der Waals surface area (Å²) >= 11 is 0. The third kappa shape index (κ3) is 2.94. The maximum absolute atomic E-state index is 11.4. The summed E-state index contributed by atoms with van der Waals surface area (Å²) in [6.07, 6.45) is 0. The smallest absolute Gasteiger partial charge is 0.0526 e. The molecule has 0 fully saturated rings. The molecule has 0 saturated heterocycles. The van der Waals surface area contributed by atoms with Crippen molar-refractivity contribution in [3.63, 3.8) is 0 Å². The van der Waals surface area contributed by atoms with Gasteiger partial charge in [0.05, 0.1) is 10.8 Å². The predicted octanol–water partition coefficient (Wildman–Crippen LogP) is 1.53. The van der Waals surface area contributed by atoms with Gasteiger partial charge in [0.25, 0.3) is 0 Å². The van der Waals surface area contributed by atoms with E-state index in [4.69, 9.17) is 0 Å². The number of nitrogens with one attached hydrogen (secondary N) is 1. The SMILES string of the molecule is CCS(=O)c1ccc(CNC)cc1. The van der Waals surface area contributed by atoms with E-state index in [1.165, 1.54) is 5.56 Å². The van der Waals surface area contributed by atoms with Crippen molar-refractivity contribution in [1.82, 2.24) is 5.32 Å². The number of benzene rings is 1. The van der Waals surface area contributed by atoms with E-state index in [0.717, 1.165) is 11.4 Å². The van der Waals surface area contributed by atoms with Crippen LogP contribution in [0.4, 0.5) is 0 Å². The molecule has 0 heterocycles. The Labute approximate surface area is 81.8 Å². The summed E-state index contributed by atoms with van der Waals surface area (Å²) in [5.74, 6) is 0.686. The Morgan fingerprint density at radius 1 is 1.31 bits per heavy atom. The molecule has 13 heavy (non-hydrogen) atoms. The van der Waals surface area contributed by atoms with Crippen molar-refractivity contribution >= 4 is 10.8 Å². The monoisotopic (exact) mass is 197 g/mol. The first kappa shape index (κ1) is 10.4. The van der Waals surface area contributed by atoms with Gasteiger partial charge in [-0.05, 0) is 24.7 Å². The third-order valence-corrected chi connectivity index (χ3v) is 3.15. The van der Waals surface area contributed by atoms with Crippen molar-refractivity contribution in [2.75, 3.05) is 12.8 Å². The third-order valence-electron chi connectivity index (χ3n) is 1.83. The van der Waals surface area contributed by atoms with Gasteiger partial charge in [-0.3, -0.25) is 4.21 Å². The van der Waals surface area contributed by atoms with Crippen LogP contribution in [0.3, 0.4) is 0 Å². The molecule has 0 spiro atoms. The van der Waals surface area contributed by atoms with E-state index >= 15 is 0 Å². The van der Waals surface area contributed by atoms with E-state index < -0.39 is 10.8 Å². The standard InChI is InChI=1S/C10H15NOS/c1-3-13(12)10-6-4-9(5-7-10)8-11-2/h4-7,11H,3,8H2,1-2H3. The quantitative estimate of drug-likeness (QED) is 0.793. The van der Waals surface area contributed by atoms with Gasteiger partial charge in [0.2, 0.25) is 0 Å². The van der Waals surface area contributed by atoms with E-state index in [2.05, 4.69) is 5.32 Å². The van der Waals surface area contributed by atoms with Gasteiger partial charge in [-0.25, -0.2) is 0 Å². The summed E-state index contributed by atoms with van der Waals surface area (Å²) < 4.78 is 11.4. The summed E-state index contributed by atoms with van der Waals surface area (Å²) in [5.41, 5.74) is 1.22. The van der Waals surface area contributed by atoms with E-state index in [1.54, 1.807) is 0 Å². The molecule has 1 rings (SSSR count). The van der Waals surface area contributed by atoms with Gasteiger partial charge in [-0.2, -0.15) is 0 Å². The fraction of sp³-hybridized carbons (Fsp3) is 0.400. The lowest BCUT2D eigenvalue weighted by atomic mass is 10.2. The van der Waals surface area contributed by atoms with Crippen LogP contribution >= 0.6 is 0 Å². The largest absolute Gasteiger partial charge is 0.316 e. The fourth-order valence-corrected chi connectivity index (χ4v) is 1.90. The Morgan fingerprint density at radius 3 is 2.38 bits per heavy atom. The minimum Gasteiger partial charge on any atom is -0.316 e. The number of rotatable bonds is 4. The topological polar surface area (TPSA) is 29.1 Å². The van der Waals surface area contributed by atoms with Gasteiger partial charge < -0.3 is 5.32 Å². The molecular formula is C10H15NOS. The van der Waals surface area contributed by atoms with Crippen LogP contribution in [0.5, 0.6) is 0 Å². The van der Waals surface area contributed by atoms with Gasteiger partial charge in [-0.1, -0.05) is 19.1 Å². The Bertz CT molecular complexity index is 281. The van der Waals surface area contributed by atoms with Gasteiger partial charge >= 0.3 is 0 Å². The van der Waals surface area contributed by atoms with Crippen LogP contribution in [0, 0.1) is 0 Å². The molecule has 0 radical (unpaired) electrons. The molecule has 0 bridgehead atoms. The molecule has 2 nitrogen and oxygen atoms in total. The van der Waals surface area contributed by atoms with Crippen molar-refractivity contribution < 1.29 is 4.21 Å². The highest BCUT2D eigenvalue weighted by Crippen LogP contribution is 2.08. The maximum Gasteiger partial charge on any atom is 0.0526 e. The summed E-state index contributed by atoms with van der Waals surface area (Å²) in [4.78, 5) is 0.919. The highest BCUT2D eigenvalue weighted by molar-refractivity contribution is 7.85. The van der Waals surface area contributed by atoms with Crippen molar-refractivity contribution in [1.29, 1.82) is 0 Å². The van der Waals surface area contributed by atoms with E-state index in [0.29, 0.717) is 5.75 Å². The van der Waals surface area contributed by atoms with Crippen molar-refractivity contribution in [2.24, 2.45) is 0 Å². The summed E-state index contributed by atoms with van der Waals surface area (Å²) in [5, 5.41) is 3.07. The molecule has 0 saturated carbocycles. The molecule has 1 unspecified atom stereocenters. The zero-order valence-electron chi connectivity index (χ0n) is 8.04. The van der Waals surface area contributed by atoms with E-state index in [-0.39, 0.29) is 0 Å². The highest BCUT2D eigenvalue weighted by atomic mass is 32.2. The van der Waals surface area contributed by atoms with Crippen molar-refractivity contribution in [3.8, 4) is 0 Å². The van der Waals surface area contributed by atoms with Crippen molar-refractivity contribution in [3.05, 3.63) is 29.8 Å². The van der Waals surface area contributed by atoms with Crippen LogP contribution in [-0.2, 0) is 17.3 Å². The second-order valence-electron chi connectivity index (χ2n) is 2.81. The highest BCUT2D eigenvalue weighted by Gasteiger charge is 1.99. The fourth-order valence-electron chi connectivity index (χ4n) is 1.13. The Morgan fingerprint density at radius 2 is 1.92 bits per heavy atom. The normalized spacial score (nSPS) is 12.8. The van der Waals surface area contributed by atoms with Gasteiger partial charge in [-0.15, -0.1) is 0 Å². The van der Waals surface area contributed by atoms with Crippen LogP contribution in [0.15, 0.2) is 29.2 Å². The molecule has 0 aliphatic heterocycles. The zero-order valence-corrected chi connectivity index (χ0v) is 8.86. The summed E-state index contributed by atoms with van der Waals surface area (Å²) in [7, 11) is 1.09. The lowest BCUT2D eigenvalue weighted by Gasteiger charge is -2.01. The van der Waals surface area contributed by atoms with Crippen LogP contribution in [0.2, 0.25) is 0 Å². The maximum atomic E-state index is 11.4. The molecule has 1 N–H and O–H groups in total. The van der Waals surface area contributed by atoms with Crippen LogP contribution in [-0.4, -0.2) is 17.0 Å². The molecule has 0 aliphatic rings. The second kappa shape index (κ2) is 5.14. The Kier molecular flexibility index (Phi) is 4.12. The predicted molar refractivity (Wildman–Crippen MR) is 56.2 cm³/mol. The molecule has 1 atom stereocenters. The summed E-state index contributed by atoms with van der Waals surface area (Å²) in [6, 6.07) is 7.90. The van der Waals surface area contributed by atoms with E-state index in [1.807, 2.05) is 38.2 Å². The van der Waals surface area contributed by atoms with Crippen LogP contribution in [0.1, 0.15) is 12.5 Å². The molecule has 3 heteroatoms. The molecule has 72 valence electrons. The molecule has 0 amide bonds. The molecule has 1 aromatic rings. The molecule has 0 aliphatic carbocycles. The molecule has 1 aromatic carbocycles. The zero-order chi connectivity index (χ0) is 9.68. The summed E-state index contributed by atoms with van der Waals surface area (Å²) in [6.45, 7) is 2.79. The number of hydrogen-bond donors (Lipinski definition) is 1. The first-order valence-electron chi connectivity index (χ1n) is 4.40. The van der Waals surface area contributed by atoms with Crippen LogP contribution in [0.25, 0.3) is 0 Å². The first-order chi connectivity index (χ1) is 6.27. The lowest BCUT2D eigenvalue weighted by Crippen LogP contribution is -2.05. The lowest BCUT2D eigenvalue weighted by molar-refractivity contribution is 0.684. The average molecular weight is 197 g/mol. The van der Waals surface area contributed by atoms with Gasteiger partial charge in [0, 0.05) is 17.2 Å². The van der Waals surface area contributed by atoms with Gasteiger partial charge in [0.15, 0.2) is 0 Å². The minimum atomic E-state index is -0.823. The second-order valence-corrected chi connectivity index (χ2v) is 4.55. The van der Waals surface area contributed by atoms with Gasteiger partial charge in [0.1, 0.15) is 0 Å². The Hall–Kier alpha value is -0.670. The molecular weight excluding hydrogens is 182 g/mol. The minimum absolute atomic E-state index is 0.686. The van der Waals surface area contributed by atoms with E-state index in [9.17, 15) is 4.21 Å². The number of hydrogen-bond acceptors (Lipinski definition) is 2. The molecule has 0 aromatic heterocycles. The Balaban J connectivity index is 2.75.